The highest BCUT2D eigenvalue weighted by molar-refractivity contribution is 5.90. The van der Waals surface area contributed by atoms with E-state index in [0.717, 1.165) is 44.7 Å². The molecule has 18 heavy (non-hydrogen) atoms. The molecule has 0 radical (unpaired) electrons. The maximum atomic E-state index is 11.2. The average molecular weight is 247 g/mol. The summed E-state index contributed by atoms with van der Waals surface area (Å²) in [6.07, 6.45) is 1.90. The molecule has 0 amide bonds. The van der Waals surface area contributed by atoms with Crippen LogP contribution in [0, 0.1) is 0 Å². The van der Waals surface area contributed by atoms with Gasteiger partial charge in [0.25, 0.3) is 0 Å². The first-order valence-corrected chi connectivity index (χ1v) is 6.44. The molecule has 1 saturated heterocycles. The van der Waals surface area contributed by atoms with Gasteiger partial charge in [-0.15, -0.1) is 0 Å². The van der Waals surface area contributed by atoms with Crippen molar-refractivity contribution in [1.29, 1.82) is 0 Å². The quantitative estimate of drug-likeness (QED) is 0.864. The maximum absolute atomic E-state index is 11.2. The zero-order chi connectivity index (χ0) is 12.5. The van der Waals surface area contributed by atoms with Crippen LogP contribution in [0.1, 0.15) is 33.9 Å². The largest absolute Gasteiger partial charge is 0.478 e. The predicted octanol–water partition coefficient (Wildman–Crippen LogP) is 1.70. The lowest BCUT2D eigenvalue weighted by molar-refractivity contribution is 0.0164. The van der Waals surface area contributed by atoms with Crippen LogP contribution in [0.25, 0.3) is 0 Å². The van der Waals surface area contributed by atoms with Crippen molar-refractivity contribution in [2.75, 3.05) is 26.3 Å². The van der Waals surface area contributed by atoms with Gasteiger partial charge >= 0.3 is 5.97 Å². The Morgan fingerprint density at radius 1 is 1.33 bits per heavy atom. The molecule has 2 aliphatic rings. The highest BCUT2D eigenvalue weighted by Crippen LogP contribution is 2.37. The van der Waals surface area contributed by atoms with E-state index in [4.69, 9.17) is 4.74 Å². The summed E-state index contributed by atoms with van der Waals surface area (Å²) in [6, 6.07) is 6.03. The van der Waals surface area contributed by atoms with Crippen LogP contribution >= 0.6 is 0 Å². The zero-order valence-corrected chi connectivity index (χ0v) is 10.3. The van der Waals surface area contributed by atoms with E-state index in [-0.39, 0.29) is 0 Å². The number of carbonyl (C=O) groups is 1. The van der Waals surface area contributed by atoms with E-state index in [1.807, 2.05) is 6.07 Å². The van der Waals surface area contributed by atoms with Gasteiger partial charge in [-0.2, -0.15) is 0 Å². The van der Waals surface area contributed by atoms with Crippen LogP contribution in [0.5, 0.6) is 0 Å². The average Bonchev–Trinajstić information content (AvgIpc) is 2.83. The second-order valence-corrected chi connectivity index (χ2v) is 4.88. The Hall–Kier alpha value is -1.39. The Bertz CT molecular complexity index is 466. The molecule has 0 aromatic heterocycles. The Kier molecular flexibility index (Phi) is 3.06. The monoisotopic (exact) mass is 247 g/mol. The van der Waals surface area contributed by atoms with Crippen LogP contribution in [0.15, 0.2) is 18.2 Å². The van der Waals surface area contributed by atoms with Crippen LogP contribution in [0.2, 0.25) is 0 Å². The third-order valence-corrected chi connectivity index (χ3v) is 3.96. The van der Waals surface area contributed by atoms with E-state index < -0.39 is 5.97 Å². The van der Waals surface area contributed by atoms with E-state index in [1.165, 1.54) is 5.56 Å². The number of rotatable bonds is 2. The Morgan fingerprint density at radius 3 is 2.83 bits per heavy atom. The van der Waals surface area contributed by atoms with Crippen molar-refractivity contribution < 1.29 is 14.6 Å². The fourth-order valence-corrected chi connectivity index (χ4v) is 3.10. The van der Waals surface area contributed by atoms with Crippen molar-refractivity contribution in [2.45, 2.75) is 18.9 Å². The number of hydrogen-bond acceptors (Lipinski definition) is 3. The zero-order valence-electron chi connectivity index (χ0n) is 10.3. The second kappa shape index (κ2) is 4.71. The molecule has 0 saturated carbocycles. The smallest absolute Gasteiger partial charge is 0.335 e. The number of carboxylic acids is 1. The predicted molar refractivity (Wildman–Crippen MR) is 66.9 cm³/mol. The normalized spacial score (nSPS) is 23.9. The van der Waals surface area contributed by atoms with Gasteiger partial charge in [0.2, 0.25) is 0 Å². The number of nitrogens with zero attached hydrogens (tertiary/aromatic N) is 1. The summed E-state index contributed by atoms with van der Waals surface area (Å²) < 4.78 is 5.37. The standard InChI is InChI=1S/C14H17NO3/c16-14(17)12-3-1-2-11-10(12)4-5-13(11)15-6-8-18-9-7-15/h1-3,13H,4-9H2,(H,16,17). The minimum Gasteiger partial charge on any atom is -0.478 e. The fourth-order valence-electron chi connectivity index (χ4n) is 3.10. The van der Waals surface area contributed by atoms with Crippen molar-refractivity contribution in [3.63, 3.8) is 0 Å². The number of benzene rings is 1. The molecular weight excluding hydrogens is 230 g/mol. The summed E-state index contributed by atoms with van der Waals surface area (Å²) in [4.78, 5) is 13.6. The first-order chi connectivity index (χ1) is 8.77. The van der Waals surface area contributed by atoms with Gasteiger partial charge < -0.3 is 9.84 Å². The SMILES string of the molecule is O=C(O)c1cccc2c1CCC2N1CCOCC1. The van der Waals surface area contributed by atoms with Crippen molar-refractivity contribution in [1.82, 2.24) is 4.90 Å². The number of hydrogen-bond donors (Lipinski definition) is 1. The number of carboxylic acid groups (broad SMARTS) is 1. The summed E-state index contributed by atoms with van der Waals surface area (Å²) in [6.45, 7) is 3.46. The third-order valence-electron chi connectivity index (χ3n) is 3.96. The molecule has 1 atom stereocenters. The molecule has 3 rings (SSSR count). The van der Waals surface area contributed by atoms with E-state index in [1.54, 1.807) is 6.07 Å². The van der Waals surface area contributed by atoms with Gasteiger partial charge in [0.1, 0.15) is 0 Å². The van der Waals surface area contributed by atoms with Gasteiger partial charge in [-0.1, -0.05) is 12.1 Å². The highest BCUT2D eigenvalue weighted by atomic mass is 16.5. The number of ether oxygens (including phenoxy) is 1. The van der Waals surface area contributed by atoms with Gasteiger partial charge in [-0.25, -0.2) is 4.79 Å². The van der Waals surface area contributed by atoms with Crippen LogP contribution in [-0.2, 0) is 11.2 Å². The molecule has 0 bridgehead atoms. The van der Waals surface area contributed by atoms with Crippen molar-refractivity contribution in [3.05, 3.63) is 34.9 Å². The molecule has 1 heterocycles. The van der Waals surface area contributed by atoms with Crippen LogP contribution in [0.4, 0.5) is 0 Å². The molecule has 1 aliphatic carbocycles. The molecule has 1 fully saturated rings. The molecule has 4 nitrogen and oxygen atoms in total. The van der Waals surface area contributed by atoms with E-state index >= 15 is 0 Å². The minimum absolute atomic E-state index is 0.378. The Morgan fingerprint density at radius 2 is 2.11 bits per heavy atom. The topological polar surface area (TPSA) is 49.8 Å². The van der Waals surface area contributed by atoms with Gasteiger partial charge in [-0.3, -0.25) is 4.90 Å². The molecule has 1 aromatic carbocycles. The summed E-state index contributed by atoms with van der Waals surface area (Å²) >= 11 is 0. The van der Waals surface area contributed by atoms with Crippen LogP contribution < -0.4 is 0 Å². The van der Waals surface area contributed by atoms with Gasteiger partial charge in [0, 0.05) is 19.1 Å². The van der Waals surface area contributed by atoms with E-state index in [0.29, 0.717) is 11.6 Å². The molecule has 1 N–H and O–H groups in total. The summed E-state index contributed by atoms with van der Waals surface area (Å²) in [5.41, 5.74) is 2.71. The van der Waals surface area contributed by atoms with Crippen LogP contribution in [0.3, 0.4) is 0 Å². The lowest BCUT2D eigenvalue weighted by Gasteiger charge is -2.32. The number of morpholine rings is 1. The molecule has 4 heteroatoms. The van der Waals surface area contributed by atoms with E-state index in [9.17, 15) is 9.90 Å². The van der Waals surface area contributed by atoms with Crippen molar-refractivity contribution >= 4 is 5.97 Å². The Labute approximate surface area is 106 Å². The van der Waals surface area contributed by atoms with Gasteiger partial charge in [0.15, 0.2) is 0 Å². The molecule has 96 valence electrons. The summed E-state index contributed by atoms with van der Waals surface area (Å²) in [5, 5.41) is 9.21. The third kappa shape index (κ3) is 1.91. The molecule has 1 aliphatic heterocycles. The minimum atomic E-state index is -0.811. The second-order valence-electron chi connectivity index (χ2n) is 4.88. The lowest BCUT2D eigenvalue weighted by Crippen LogP contribution is -2.38. The first-order valence-electron chi connectivity index (χ1n) is 6.44. The van der Waals surface area contributed by atoms with Gasteiger partial charge in [0.05, 0.1) is 18.8 Å². The first kappa shape index (κ1) is 11.7. The molecule has 1 aromatic rings. The molecule has 1 unspecified atom stereocenters. The lowest BCUT2D eigenvalue weighted by atomic mass is 10.0. The van der Waals surface area contributed by atoms with Crippen LogP contribution in [-0.4, -0.2) is 42.3 Å². The molecule has 0 spiro atoms. The number of aromatic carboxylic acids is 1. The van der Waals surface area contributed by atoms with E-state index in [2.05, 4.69) is 11.0 Å². The Balaban J connectivity index is 1.91. The van der Waals surface area contributed by atoms with Crippen molar-refractivity contribution in [3.8, 4) is 0 Å². The highest BCUT2D eigenvalue weighted by Gasteiger charge is 2.31. The summed E-state index contributed by atoms with van der Waals surface area (Å²) in [7, 11) is 0. The summed E-state index contributed by atoms with van der Waals surface area (Å²) in [5.74, 6) is -0.811. The number of fused-ring (bicyclic) bond motifs is 1. The van der Waals surface area contributed by atoms with Gasteiger partial charge in [-0.05, 0) is 30.0 Å². The fraction of sp³-hybridized carbons (Fsp3) is 0.500. The van der Waals surface area contributed by atoms with Crippen molar-refractivity contribution in [2.24, 2.45) is 0 Å². The maximum Gasteiger partial charge on any atom is 0.335 e. The molecular formula is C14H17NO3.